The van der Waals surface area contributed by atoms with Gasteiger partial charge >= 0.3 is 6.09 Å². The highest BCUT2D eigenvalue weighted by Gasteiger charge is 2.50. The monoisotopic (exact) mass is 439 g/mol. The maximum absolute atomic E-state index is 12.8. The lowest BCUT2D eigenvalue weighted by Crippen LogP contribution is -2.54. The number of carbonyl (C=O) groups is 3. The number of benzene rings is 1. The molecule has 1 aromatic rings. The number of carbonyl (C=O) groups excluding carboxylic acids is 3. The van der Waals surface area contributed by atoms with Crippen LogP contribution in [0.2, 0.25) is 0 Å². The number of primary amides is 1. The molecule has 11 heteroatoms. The van der Waals surface area contributed by atoms with Crippen LogP contribution < -0.4 is 5.73 Å². The Labute approximate surface area is 178 Å². The Morgan fingerprint density at radius 1 is 1.33 bits per heavy atom. The van der Waals surface area contributed by atoms with Gasteiger partial charge in [-0.1, -0.05) is 11.8 Å². The summed E-state index contributed by atoms with van der Waals surface area (Å²) in [5.74, 6) is -0.689. The molecule has 10 nitrogen and oxygen atoms in total. The minimum atomic E-state index is -1.35. The Hall–Kier alpha value is -2.66. The molecule has 0 aromatic heterocycles. The SMILES string of the molecule is CC(=O)S[C@@H]1CN(C(=O)OCc2ccc([N+](=O)[O-])cc2)[C@@](C)(OC(C)(C)C(N)=O)C1. The standard InChI is InChI=1S/C19H25N3O7S/c1-12(23)30-15-9-19(4,29-18(2,3)16(20)24)21(10-15)17(25)28-11-13-5-7-14(8-6-13)22(26)27/h5-8,15H,9-11H2,1-4H3,(H2,20,24)/t15-,19-/m0/s1. The molecule has 2 amide bonds. The van der Waals surface area contributed by atoms with E-state index in [0.717, 1.165) is 11.8 Å². The number of amides is 2. The van der Waals surface area contributed by atoms with Crippen molar-refractivity contribution in [3.8, 4) is 0 Å². The van der Waals surface area contributed by atoms with Crippen molar-refractivity contribution in [2.75, 3.05) is 6.54 Å². The van der Waals surface area contributed by atoms with Gasteiger partial charge in [-0.05, 0) is 38.5 Å². The van der Waals surface area contributed by atoms with Crippen molar-refractivity contribution in [1.29, 1.82) is 0 Å². The quantitative estimate of drug-likeness (QED) is 0.504. The largest absolute Gasteiger partial charge is 0.444 e. The molecule has 2 atom stereocenters. The third-order valence-electron chi connectivity index (χ3n) is 4.69. The average Bonchev–Trinajstić information content (AvgIpc) is 2.94. The maximum atomic E-state index is 12.8. The van der Waals surface area contributed by atoms with Crippen molar-refractivity contribution in [3.63, 3.8) is 0 Å². The van der Waals surface area contributed by atoms with E-state index in [4.69, 9.17) is 15.2 Å². The summed E-state index contributed by atoms with van der Waals surface area (Å²) in [7, 11) is 0. The Balaban J connectivity index is 2.14. The van der Waals surface area contributed by atoms with E-state index in [1.54, 1.807) is 6.92 Å². The van der Waals surface area contributed by atoms with E-state index in [1.807, 2.05) is 0 Å². The van der Waals surface area contributed by atoms with Crippen LogP contribution in [-0.2, 0) is 25.7 Å². The summed E-state index contributed by atoms with van der Waals surface area (Å²) in [6.45, 7) is 6.18. The lowest BCUT2D eigenvalue weighted by molar-refractivity contribution is -0.384. The summed E-state index contributed by atoms with van der Waals surface area (Å²) < 4.78 is 11.3. The van der Waals surface area contributed by atoms with Gasteiger partial charge in [0, 0.05) is 37.3 Å². The first kappa shape index (κ1) is 23.6. The number of thioether (sulfide) groups is 1. The van der Waals surface area contributed by atoms with Gasteiger partial charge in [0.05, 0.1) is 4.92 Å². The molecule has 2 N–H and O–H groups in total. The number of likely N-dealkylation sites (tertiary alicyclic amines) is 1. The molecule has 1 aromatic carbocycles. The smallest absolute Gasteiger partial charge is 0.412 e. The molecule has 0 radical (unpaired) electrons. The fourth-order valence-corrected chi connectivity index (χ4v) is 4.29. The first-order valence-corrected chi connectivity index (χ1v) is 10.1. The Bertz CT molecular complexity index is 843. The van der Waals surface area contributed by atoms with E-state index in [0.29, 0.717) is 12.0 Å². The average molecular weight is 439 g/mol. The van der Waals surface area contributed by atoms with Gasteiger partial charge in [0.15, 0.2) is 5.12 Å². The van der Waals surface area contributed by atoms with Crippen LogP contribution in [0.25, 0.3) is 0 Å². The third kappa shape index (κ3) is 5.70. The van der Waals surface area contributed by atoms with Crippen molar-refractivity contribution in [1.82, 2.24) is 4.90 Å². The fourth-order valence-electron chi connectivity index (χ4n) is 3.21. The van der Waals surface area contributed by atoms with E-state index in [-0.39, 0.29) is 29.2 Å². The zero-order valence-corrected chi connectivity index (χ0v) is 18.1. The van der Waals surface area contributed by atoms with Crippen molar-refractivity contribution in [2.45, 2.75) is 57.3 Å². The van der Waals surface area contributed by atoms with Crippen molar-refractivity contribution >= 4 is 34.6 Å². The highest BCUT2D eigenvalue weighted by Crippen LogP contribution is 2.39. The maximum Gasteiger partial charge on any atom is 0.412 e. The Morgan fingerprint density at radius 2 is 1.93 bits per heavy atom. The normalized spacial score (nSPS) is 21.3. The minimum Gasteiger partial charge on any atom is -0.444 e. The van der Waals surface area contributed by atoms with Crippen LogP contribution in [0.1, 0.15) is 39.7 Å². The summed E-state index contributed by atoms with van der Waals surface area (Å²) in [5, 5.41) is 10.4. The highest BCUT2D eigenvalue weighted by atomic mass is 32.2. The molecule has 0 unspecified atom stereocenters. The molecule has 0 saturated carbocycles. The summed E-state index contributed by atoms with van der Waals surface area (Å²) >= 11 is 1.09. The van der Waals surface area contributed by atoms with Crippen LogP contribution in [0.15, 0.2) is 24.3 Å². The van der Waals surface area contributed by atoms with Crippen molar-refractivity contribution in [2.24, 2.45) is 5.73 Å². The molecule has 1 heterocycles. The van der Waals surface area contributed by atoms with E-state index < -0.39 is 28.2 Å². The van der Waals surface area contributed by atoms with Crippen LogP contribution in [0.4, 0.5) is 10.5 Å². The van der Waals surface area contributed by atoms with Gasteiger partial charge in [0.2, 0.25) is 5.91 Å². The molecule has 0 aliphatic carbocycles. The summed E-state index contributed by atoms with van der Waals surface area (Å²) in [4.78, 5) is 47.6. The van der Waals surface area contributed by atoms with Crippen LogP contribution in [-0.4, -0.2) is 50.1 Å². The van der Waals surface area contributed by atoms with E-state index in [9.17, 15) is 24.5 Å². The van der Waals surface area contributed by atoms with Crippen LogP contribution in [0.5, 0.6) is 0 Å². The topological polar surface area (TPSA) is 142 Å². The molecule has 1 saturated heterocycles. The molecule has 30 heavy (non-hydrogen) atoms. The fraction of sp³-hybridized carbons (Fsp3) is 0.526. The third-order valence-corrected chi connectivity index (χ3v) is 5.68. The van der Waals surface area contributed by atoms with Gasteiger partial charge in [-0.15, -0.1) is 0 Å². The first-order chi connectivity index (χ1) is 13.8. The number of nitro groups is 1. The van der Waals surface area contributed by atoms with Gasteiger partial charge in [-0.2, -0.15) is 0 Å². The molecular weight excluding hydrogens is 414 g/mol. The number of hydrogen-bond acceptors (Lipinski definition) is 8. The first-order valence-electron chi connectivity index (χ1n) is 9.19. The number of non-ortho nitro benzene ring substituents is 1. The molecule has 1 aliphatic heterocycles. The Morgan fingerprint density at radius 3 is 2.43 bits per heavy atom. The summed E-state index contributed by atoms with van der Waals surface area (Å²) in [5.41, 5.74) is 3.36. The number of ether oxygens (including phenoxy) is 2. The number of rotatable bonds is 7. The second-order valence-electron chi connectivity index (χ2n) is 7.68. The van der Waals surface area contributed by atoms with Crippen LogP contribution in [0.3, 0.4) is 0 Å². The molecular formula is C19H25N3O7S. The van der Waals surface area contributed by atoms with Gasteiger partial charge < -0.3 is 15.2 Å². The Kier molecular flexibility index (Phi) is 7.09. The second kappa shape index (κ2) is 9.00. The predicted octanol–water partition coefficient (Wildman–Crippen LogP) is 2.58. The van der Waals surface area contributed by atoms with Crippen molar-refractivity contribution in [3.05, 3.63) is 39.9 Å². The van der Waals surface area contributed by atoms with E-state index >= 15 is 0 Å². The second-order valence-corrected chi connectivity index (χ2v) is 9.15. The van der Waals surface area contributed by atoms with Crippen LogP contribution >= 0.6 is 11.8 Å². The number of nitrogens with zero attached hydrogens (tertiary/aromatic N) is 2. The van der Waals surface area contributed by atoms with E-state index in [1.165, 1.54) is 49.9 Å². The lowest BCUT2D eigenvalue weighted by Gasteiger charge is -2.39. The number of nitro benzene ring substituents is 1. The minimum absolute atomic E-state index is 0.0663. The molecule has 0 spiro atoms. The molecule has 2 rings (SSSR count). The van der Waals surface area contributed by atoms with Crippen LogP contribution in [0, 0.1) is 10.1 Å². The predicted molar refractivity (Wildman–Crippen MR) is 109 cm³/mol. The molecule has 1 fully saturated rings. The van der Waals surface area contributed by atoms with E-state index in [2.05, 4.69) is 0 Å². The zero-order valence-electron chi connectivity index (χ0n) is 17.2. The van der Waals surface area contributed by atoms with Gasteiger partial charge in [0.1, 0.15) is 17.9 Å². The number of hydrogen-bond donors (Lipinski definition) is 1. The number of nitrogens with two attached hydrogens (primary N) is 1. The van der Waals surface area contributed by atoms with Gasteiger partial charge in [0.25, 0.3) is 5.69 Å². The molecule has 1 aliphatic rings. The van der Waals surface area contributed by atoms with Crippen molar-refractivity contribution < 1.29 is 28.8 Å². The van der Waals surface area contributed by atoms with Gasteiger partial charge in [-0.3, -0.25) is 24.6 Å². The molecule has 0 bridgehead atoms. The van der Waals surface area contributed by atoms with Gasteiger partial charge in [-0.25, -0.2) is 4.79 Å². The summed E-state index contributed by atoms with van der Waals surface area (Å²) in [6, 6.07) is 5.63. The summed E-state index contributed by atoms with van der Waals surface area (Å²) in [6.07, 6.45) is -0.386. The highest BCUT2D eigenvalue weighted by molar-refractivity contribution is 8.14. The molecule has 164 valence electrons. The zero-order chi connectivity index (χ0) is 22.7. The lowest BCUT2D eigenvalue weighted by atomic mass is 10.1.